The van der Waals surface area contributed by atoms with Crippen LogP contribution in [0, 0.1) is 5.82 Å². The van der Waals surface area contributed by atoms with Gasteiger partial charge in [-0.2, -0.15) is 0 Å². The molecule has 3 nitrogen and oxygen atoms in total. The van der Waals surface area contributed by atoms with Crippen LogP contribution in [0.25, 0.3) is 6.08 Å². The lowest BCUT2D eigenvalue weighted by molar-refractivity contribution is 0.590. The molecule has 2 aromatic carbocycles. The van der Waals surface area contributed by atoms with Crippen LogP contribution in [0.2, 0.25) is 5.02 Å². The molecule has 110 valence electrons. The monoisotopic (exact) mass is 325 g/mol. The number of nitrogens with one attached hydrogen (secondary N) is 1. The Balaban J connectivity index is 2.00. The number of hydrogen-bond acceptors (Lipinski definition) is 2. The second-order valence-corrected chi connectivity index (χ2v) is 6.44. The van der Waals surface area contributed by atoms with E-state index in [1.165, 1.54) is 24.3 Å². The largest absolute Gasteiger partial charge is 0.234 e. The Hall–Kier alpha value is -1.69. The van der Waals surface area contributed by atoms with Gasteiger partial charge in [-0.1, -0.05) is 35.9 Å². The lowest BCUT2D eigenvalue weighted by Gasteiger charge is -2.03. The highest BCUT2D eigenvalue weighted by Gasteiger charge is 2.05. The molecule has 6 heteroatoms. The molecule has 0 bridgehead atoms. The third kappa shape index (κ3) is 5.30. The molecule has 0 aliphatic heterocycles. The summed E-state index contributed by atoms with van der Waals surface area (Å²) in [7, 11) is -3.59. The molecular weight excluding hydrogens is 313 g/mol. The third-order valence-electron chi connectivity index (χ3n) is 2.68. The van der Waals surface area contributed by atoms with Crippen molar-refractivity contribution in [3.8, 4) is 0 Å². The predicted octanol–water partition coefficient (Wildman–Crippen LogP) is 3.57. The molecule has 0 amide bonds. The van der Waals surface area contributed by atoms with E-state index in [4.69, 9.17) is 11.6 Å². The zero-order valence-electron chi connectivity index (χ0n) is 11.0. The van der Waals surface area contributed by atoms with Crippen LogP contribution in [0.1, 0.15) is 11.1 Å². The van der Waals surface area contributed by atoms with Crippen LogP contribution in [0.15, 0.2) is 53.9 Å². The second kappa shape index (κ2) is 6.85. The number of rotatable bonds is 5. The first-order valence-corrected chi connectivity index (χ1v) is 8.05. The highest BCUT2D eigenvalue weighted by atomic mass is 35.5. The Bertz CT molecular complexity index is 743. The number of benzene rings is 2. The van der Waals surface area contributed by atoms with Crippen molar-refractivity contribution in [3.05, 3.63) is 75.9 Å². The summed E-state index contributed by atoms with van der Waals surface area (Å²) in [5.41, 5.74) is 1.27. The molecule has 0 aliphatic rings. The molecule has 0 aromatic heterocycles. The minimum atomic E-state index is -3.59. The highest BCUT2D eigenvalue weighted by Crippen LogP contribution is 2.10. The fourth-order valence-corrected chi connectivity index (χ4v) is 2.54. The van der Waals surface area contributed by atoms with E-state index >= 15 is 0 Å². The topological polar surface area (TPSA) is 46.2 Å². The molecule has 21 heavy (non-hydrogen) atoms. The molecule has 0 atom stereocenters. The van der Waals surface area contributed by atoms with E-state index in [1.807, 2.05) is 0 Å². The normalized spacial score (nSPS) is 11.9. The summed E-state index contributed by atoms with van der Waals surface area (Å²) >= 11 is 5.75. The first-order valence-electron chi connectivity index (χ1n) is 6.12. The Labute approximate surface area is 128 Å². The predicted molar refractivity (Wildman–Crippen MR) is 82.6 cm³/mol. The fraction of sp³-hybridized carbons (Fsp3) is 0.0667. The van der Waals surface area contributed by atoms with Gasteiger partial charge in [0, 0.05) is 17.0 Å². The van der Waals surface area contributed by atoms with Crippen LogP contribution in [-0.2, 0) is 16.6 Å². The Morgan fingerprint density at radius 3 is 2.52 bits per heavy atom. The Morgan fingerprint density at radius 1 is 1.14 bits per heavy atom. The molecular formula is C15H13ClFNO2S. The van der Waals surface area contributed by atoms with Gasteiger partial charge in [0.2, 0.25) is 10.0 Å². The van der Waals surface area contributed by atoms with E-state index in [2.05, 4.69) is 4.72 Å². The summed E-state index contributed by atoms with van der Waals surface area (Å²) in [6, 6.07) is 12.5. The van der Waals surface area contributed by atoms with E-state index in [9.17, 15) is 12.8 Å². The third-order valence-corrected chi connectivity index (χ3v) is 3.97. The first-order chi connectivity index (χ1) is 9.94. The van der Waals surface area contributed by atoms with E-state index in [0.29, 0.717) is 10.6 Å². The van der Waals surface area contributed by atoms with Crippen molar-refractivity contribution in [3.63, 3.8) is 0 Å². The summed E-state index contributed by atoms with van der Waals surface area (Å²) in [4.78, 5) is 0. The van der Waals surface area contributed by atoms with E-state index in [1.54, 1.807) is 30.3 Å². The van der Waals surface area contributed by atoms with Gasteiger partial charge in [-0.25, -0.2) is 17.5 Å². The molecule has 0 saturated carbocycles. The van der Waals surface area contributed by atoms with Crippen molar-refractivity contribution in [2.45, 2.75) is 6.54 Å². The number of halogens is 2. The fourth-order valence-electron chi connectivity index (χ4n) is 1.61. The SMILES string of the molecule is O=S(=O)(/C=C/c1cccc(F)c1)NCc1ccc(Cl)cc1. The van der Waals surface area contributed by atoms with Gasteiger partial charge in [0.15, 0.2) is 0 Å². The number of hydrogen-bond donors (Lipinski definition) is 1. The van der Waals surface area contributed by atoms with Crippen LogP contribution in [0.4, 0.5) is 4.39 Å². The van der Waals surface area contributed by atoms with Crippen LogP contribution in [0.3, 0.4) is 0 Å². The summed E-state index contributed by atoms with van der Waals surface area (Å²) in [6.07, 6.45) is 1.34. The standard InChI is InChI=1S/C15H13ClFNO2S/c16-14-6-4-13(5-7-14)11-18-21(19,20)9-8-12-2-1-3-15(17)10-12/h1-10,18H,11H2/b9-8+. The van der Waals surface area contributed by atoms with Gasteiger partial charge >= 0.3 is 0 Å². The second-order valence-electron chi connectivity index (χ2n) is 4.35. The van der Waals surface area contributed by atoms with Crippen molar-refractivity contribution in [2.24, 2.45) is 0 Å². The van der Waals surface area contributed by atoms with Crippen molar-refractivity contribution in [1.29, 1.82) is 0 Å². The lowest BCUT2D eigenvalue weighted by Crippen LogP contribution is -2.20. The van der Waals surface area contributed by atoms with Gasteiger partial charge in [-0.05, 0) is 41.5 Å². The van der Waals surface area contributed by atoms with Gasteiger partial charge in [-0.15, -0.1) is 0 Å². The molecule has 0 radical (unpaired) electrons. The van der Waals surface area contributed by atoms with Crippen LogP contribution in [0.5, 0.6) is 0 Å². The maximum Gasteiger partial charge on any atom is 0.234 e. The molecule has 0 spiro atoms. The van der Waals surface area contributed by atoms with Gasteiger partial charge in [0.1, 0.15) is 5.82 Å². The summed E-state index contributed by atoms with van der Waals surface area (Å²) < 4.78 is 39.0. The molecule has 0 unspecified atom stereocenters. The van der Waals surface area contributed by atoms with Gasteiger partial charge in [0.25, 0.3) is 0 Å². The van der Waals surface area contributed by atoms with Crippen molar-refractivity contribution in [1.82, 2.24) is 4.72 Å². The summed E-state index contributed by atoms with van der Waals surface area (Å²) in [5.74, 6) is -0.413. The van der Waals surface area contributed by atoms with Crippen LogP contribution >= 0.6 is 11.6 Å². The minimum Gasteiger partial charge on any atom is -0.208 e. The molecule has 2 aromatic rings. The quantitative estimate of drug-likeness (QED) is 0.913. The van der Waals surface area contributed by atoms with Crippen LogP contribution in [-0.4, -0.2) is 8.42 Å². The lowest BCUT2D eigenvalue weighted by atomic mass is 10.2. The van der Waals surface area contributed by atoms with Gasteiger partial charge < -0.3 is 0 Å². The molecule has 0 heterocycles. The molecule has 2 rings (SSSR count). The smallest absolute Gasteiger partial charge is 0.208 e. The van der Waals surface area contributed by atoms with Crippen molar-refractivity contribution >= 4 is 27.7 Å². The van der Waals surface area contributed by atoms with Crippen LogP contribution < -0.4 is 4.72 Å². The molecule has 1 N–H and O–H groups in total. The average Bonchev–Trinajstić information content (AvgIpc) is 2.45. The molecule has 0 fully saturated rings. The van der Waals surface area contributed by atoms with Gasteiger partial charge in [-0.3, -0.25) is 0 Å². The molecule has 0 aliphatic carbocycles. The zero-order chi connectivity index (χ0) is 15.3. The van der Waals surface area contributed by atoms with Gasteiger partial charge in [0.05, 0.1) is 0 Å². The number of sulfonamides is 1. The summed E-state index contributed by atoms with van der Waals surface area (Å²) in [5, 5.41) is 1.60. The van der Waals surface area contributed by atoms with E-state index in [-0.39, 0.29) is 6.54 Å². The summed E-state index contributed by atoms with van der Waals surface area (Å²) in [6.45, 7) is 0.160. The van der Waals surface area contributed by atoms with E-state index < -0.39 is 15.8 Å². The minimum absolute atomic E-state index is 0.160. The van der Waals surface area contributed by atoms with Crippen molar-refractivity contribution < 1.29 is 12.8 Å². The van der Waals surface area contributed by atoms with E-state index in [0.717, 1.165) is 11.0 Å². The first kappa shape index (κ1) is 15.7. The van der Waals surface area contributed by atoms with Crippen molar-refractivity contribution in [2.75, 3.05) is 0 Å². The average molecular weight is 326 g/mol. The Kier molecular flexibility index (Phi) is 5.12. The maximum atomic E-state index is 13.0. The maximum absolute atomic E-state index is 13.0. The highest BCUT2D eigenvalue weighted by molar-refractivity contribution is 7.92. The zero-order valence-corrected chi connectivity index (χ0v) is 12.5. The Morgan fingerprint density at radius 2 is 1.86 bits per heavy atom. The molecule has 0 saturated heterocycles.